The van der Waals surface area contributed by atoms with Crippen molar-refractivity contribution < 1.29 is 4.74 Å². The lowest BCUT2D eigenvalue weighted by atomic mass is 10.3. The van der Waals surface area contributed by atoms with Crippen LogP contribution in [0.3, 0.4) is 0 Å². The maximum absolute atomic E-state index is 5.88. The van der Waals surface area contributed by atoms with Crippen LogP contribution in [0.1, 0.15) is 12.7 Å². The molecule has 0 aromatic carbocycles. The topological polar surface area (TPSA) is 43.2 Å². The molecule has 2 heterocycles. The fourth-order valence-electron chi connectivity index (χ4n) is 2.04. The fourth-order valence-corrected chi connectivity index (χ4v) is 2.21. The van der Waals surface area contributed by atoms with Crippen LogP contribution in [-0.4, -0.2) is 52.6 Å². The Kier molecular flexibility index (Phi) is 4.83. The second-order valence-electron chi connectivity index (χ2n) is 5.09. The lowest BCUT2D eigenvalue weighted by Crippen LogP contribution is -2.30. The molecule has 0 aliphatic heterocycles. The smallest absolute Gasteiger partial charge is 0.215 e. The lowest BCUT2D eigenvalue weighted by Gasteiger charge is -2.21. The Morgan fingerprint density at radius 1 is 1.35 bits per heavy atom. The van der Waals surface area contributed by atoms with Crippen molar-refractivity contribution >= 4 is 22.8 Å². The summed E-state index contributed by atoms with van der Waals surface area (Å²) < 4.78 is 7.35. The summed E-state index contributed by atoms with van der Waals surface area (Å²) >= 11 is 5.88. The van der Waals surface area contributed by atoms with E-state index in [2.05, 4.69) is 40.5 Å². The summed E-state index contributed by atoms with van der Waals surface area (Å²) in [4.78, 5) is 11.3. The number of pyridine rings is 1. The third-order valence-electron chi connectivity index (χ3n) is 3.50. The highest BCUT2D eigenvalue weighted by Gasteiger charge is 2.15. The molecule has 2 aromatic heterocycles. The Morgan fingerprint density at radius 3 is 2.70 bits per heavy atom. The van der Waals surface area contributed by atoms with Gasteiger partial charge in [0.05, 0.1) is 7.11 Å². The third kappa shape index (κ3) is 3.04. The van der Waals surface area contributed by atoms with Crippen LogP contribution >= 0.6 is 11.6 Å². The maximum Gasteiger partial charge on any atom is 0.215 e. The molecule has 5 nitrogen and oxygen atoms in total. The van der Waals surface area contributed by atoms with E-state index in [-0.39, 0.29) is 0 Å². The number of hydrogen-bond acceptors (Lipinski definition) is 4. The van der Waals surface area contributed by atoms with Crippen LogP contribution in [0.4, 0.5) is 0 Å². The average Bonchev–Trinajstić information content (AvgIpc) is 2.76. The molecule has 0 bridgehead atoms. The molecule has 0 aliphatic rings. The van der Waals surface area contributed by atoms with Crippen LogP contribution in [0.25, 0.3) is 11.2 Å². The molecule has 0 radical (unpaired) electrons. The third-order valence-corrected chi connectivity index (χ3v) is 3.69. The molecule has 1 unspecified atom stereocenters. The van der Waals surface area contributed by atoms with Gasteiger partial charge < -0.3 is 14.2 Å². The number of hydrogen-bond donors (Lipinski definition) is 0. The molecule has 0 aliphatic carbocycles. The molecule has 0 amide bonds. The predicted molar refractivity (Wildman–Crippen MR) is 81.7 cm³/mol. The summed E-state index contributed by atoms with van der Waals surface area (Å²) in [5.41, 5.74) is 1.75. The first kappa shape index (κ1) is 15.1. The second kappa shape index (κ2) is 6.41. The molecule has 0 saturated heterocycles. The maximum atomic E-state index is 5.88. The summed E-state index contributed by atoms with van der Waals surface area (Å²) in [6.07, 6.45) is 0.736. The van der Waals surface area contributed by atoms with Gasteiger partial charge >= 0.3 is 0 Å². The van der Waals surface area contributed by atoms with Gasteiger partial charge in [-0.2, -0.15) is 4.98 Å². The van der Waals surface area contributed by atoms with Crippen LogP contribution < -0.4 is 4.74 Å². The molecular weight excluding hydrogens is 276 g/mol. The van der Waals surface area contributed by atoms with Crippen molar-refractivity contribution in [2.24, 2.45) is 0 Å². The second-order valence-corrected chi connectivity index (χ2v) is 5.46. The van der Waals surface area contributed by atoms with E-state index in [0.29, 0.717) is 17.8 Å². The van der Waals surface area contributed by atoms with E-state index in [9.17, 15) is 0 Å². The normalized spacial score (nSPS) is 13.1. The summed E-state index contributed by atoms with van der Waals surface area (Å²) in [6, 6.07) is 4.16. The number of likely N-dealkylation sites (N-methyl/N-ethyl adjacent to an activating group) is 1. The SMILES string of the molecule is COc1ccc2nc(CCCl)n(CC(C)N(C)C)c2n1. The summed E-state index contributed by atoms with van der Waals surface area (Å²) in [5.74, 6) is 2.13. The van der Waals surface area contributed by atoms with Crippen LogP contribution in [0.5, 0.6) is 5.88 Å². The first-order valence-electron chi connectivity index (χ1n) is 6.69. The molecule has 2 aromatic rings. The Hall–Kier alpha value is -1.33. The van der Waals surface area contributed by atoms with Crippen LogP contribution in [0.2, 0.25) is 0 Å². The fraction of sp³-hybridized carbons (Fsp3) is 0.571. The van der Waals surface area contributed by atoms with Gasteiger partial charge in [0.1, 0.15) is 11.3 Å². The standard InChI is InChI=1S/C14H21ClN4O/c1-10(18(2)3)9-19-12(7-8-15)16-11-5-6-13(20-4)17-14(11)19/h5-6,10H,7-9H2,1-4H3. The first-order chi connectivity index (χ1) is 9.56. The highest BCUT2D eigenvalue weighted by Crippen LogP contribution is 2.19. The van der Waals surface area contributed by atoms with Gasteiger partial charge in [-0.25, -0.2) is 4.98 Å². The minimum atomic E-state index is 0.384. The molecule has 110 valence electrons. The summed E-state index contributed by atoms with van der Waals surface area (Å²) in [6.45, 7) is 3.01. The molecule has 6 heteroatoms. The molecule has 2 rings (SSSR count). The minimum Gasteiger partial charge on any atom is -0.481 e. The van der Waals surface area contributed by atoms with Crippen molar-refractivity contribution in [1.29, 1.82) is 0 Å². The number of halogens is 1. The molecule has 0 spiro atoms. The van der Waals surface area contributed by atoms with E-state index in [1.54, 1.807) is 7.11 Å². The molecular formula is C14H21ClN4O. The number of aryl methyl sites for hydroxylation is 1. The number of nitrogens with zero attached hydrogens (tertiary/aromatic N) is 4. The van der Waals surface area contributed by atoms with E-state index < -0.39 is 0 Å². The van der Waals surface area contributed by atoms with Crippen molar-refractivity contribution in [1.82, 2.24) is 19.4 Å². The van der Waals surface area contributed by atoms with E-state index in [0.717, 1.165) is 30.0 Å². The monoisotopic (exact) mass is 296 g/mol. The Bertz CT molecular complexity index is 582. The molecule has 1 atom stereocenters. The average molecular weight is 297 g/mol. The number of methoxy groups -OCH3 is 1. The van der Waals surface area contributed by atoms with E-state index >= 15 is 0 Å². The van der Waals surface area contributed by atoms with E-state index in [1.807, 2.05) is 12.1 Å². The minimum absolute atomic E-state index is 0.384. The molecule has 0 saturated carbocycles. The van der Waals surface area contributed by atoms with Gasteiger partial charge in [0.15, 0.2) is 5.65 Å². The lowest BCUT2D eigenvalue weighted by molar-refractivity contribution is 0.283. The zero-order valence-corrected chi connectivity index (χ0v) is 13.2. The zero-order valence-electron chi connectivity index (χ0n) is 12.4. The van der Waals surface area contributed by atoms with Gasteiger partial charge in [-0.3, -0.25) is 0 Å². The molecule has 20 heavy (non-hydrogen) atoms. The van der Waals surface area contributed by atoms with Gasteiger partial charge in [-0.05, 0) is 27.1 Å². The number of rotatable bonds is 6. The number of alkyl halides is 1. The van der Waals surface area contributed by atoms with E-state index in [1.165, 1.54) is 0 Å². The van der Waals surface area contributed by atoms with Crippen LogP contribution in [0, 0.1) is 0 Å². The quantitative estimate of drug-likeness (QED) is 0.766. The Morgan fingerprint density at radius 2 is 2.10 bits per heavy atom. The van der Waals surface area contributed by atoms with Gasteiger partial charge in [-0.1, -0.05) is 0 Å². The highest BCUT2D eigenvalue weighted by molar-refractivity contribution is 6.17. The number of fused-ring (bicyclic) bond motifs is 1. The van der Waals surface area contributed by atoms with Crippen molar-refractivity contribution in [2.75, 3.05) is 27.1 Å². The Labute approximate surface area is 124 Å². The van der Waals surface area contributed by atoms with Crippen molar-refractivity contribution in [3.63, 3.8) is 0 Å². The molecule has 0 fully saturated rings. The molecule has 0 N–H and O–H groups in total. The first-order valence-corrected chi connectivity index (χ1v) is 7.22. The van der Waals surface area contributed by atoms with Crippen LogP contribution in [0.15, 0.2) is 12.1 Å². The van der Waals surface area contributed by atoms with Crippen molar-refractivity contribution in [2.45, 2.75) is 25.9 Å². The van der Waals surface area contributed by atoms with Gasteiger partial charge in [0.2, 0.25) is 5.88 Å². The Balaban J connectivity index is 2.48. The summed E-state index contributed by atoms with van der Waals surface area (Å²) in [5, 5.41) is 0. The highest BCUT2D eigenvalue weighted by atomic mass is 35.5. The number of aromatic nitrogens is 3. The van der Waals surface area contributed by atoms with Crippen LogP contribution in [-0.2, 0) is 13.0 Å². The van der Waals surface area contributed by atoms with Gasteiger partial charge in [0.25, 0.3) is 0 Å². The number of imidazole rings is 1. The summed E-state index contributed by atoms with van der Waals surface area (Å²) in [7, 11) is 5.76. The predicted octanol–water partition coefficient (Wildman–Crippen LogP) is 2.17. The number of ether oxygens (including phenoxy) is 1. The van der Waals surface area contributed by atoms with Gasteiger partial charge in [0, 0.05) is 31.0 Å². The van der Waals surface area contributed by atoms with E-state index in [4.69, 9.17) is 16.3 Å². The van der Waals surface area contributed by atoms with Crippen molar-refractivity contribution in [3.05, 3.63) is 18.0 Å². The van der Waals surface area contributed by atoms with Crippen molar-refractivity contribution in [3.8, 4) is 5.88 Å². The largest absolute Gasteiger partial charge is 0.481 e. The zero-order chi connectivity index (χ0) is 14.7. The van der Waals surface area contributed by atoms with Gasteiger partial charge in [-0.15, -0.1) is 11.6 Å².